The zero-order valence-electron chi connectivity index (χ0n) is 10.7. The van der Waals surface area contributed by atoms with Crippen LogP contribution >= 0.6 is 7.60 Å². The summed E-state index contributed by atoms with van der Waals surface area (Å²) in [5.74, 6) is -2.73. The van der Waals surface area contributed by atoms with Crippen LogP contribution in [0.2, 0.25) is 0 Å². The maximum atomic E-state index is 11.8. The van der Waals surface area contributed by atoms with Crippen molar-refractivity contribution in [3.8, 4) is 0 Å². The Morgan fingerprint density at radius 1 is 1.25 bits per heavy atom. The minimum Gasteiger partial charge on any atom is -0.481 e. The second-order valence-electron chi connectivity index (χ2n) is 4.30. The van der Waals surface area contributed by atoms with Crippen molar-refractivity contribution in [1.82, 2.24) is 0 Å². The monoisotopic (exact) mass is 302 g/mol. The van der Waals surface area contributed by atoms with Gasteiger partial charge >= 0.3 is 19.5 Å². The molecule has 0 radical (unpaired) electrons. The fourth-order valence-electron chi connectivity index (χ4n) is 1.91. The molecule has 1 atom stereocenters. The summed E-state index contributed by atoms with van der Waals surface area (Å²) in [5.41, 5.74) is 0.433. The van der Waals surface area contributed by atoms with Crippen LogP contribution < -0.4 is 0 Å². The largest absolute Gasteiger partial charge is 0.481 e. The van der Waals surface area contributed by atoms with E-state index in [4.69, 9.17) is 5.11 Å². The molecule has 3 N–H and O–H groups in total. The van der Waals surface area contributed by atoms with Gasteiger partial charge in [0.25, 0.3) is 0 Å². The smallest absolute Gasteiger partial charge is 0.343 e. The van der Waals surface area contributed by atoms with Gasteiger partial charge in [0.15, 0.2) is 5.16 Å². The lowest BCUT2D eigenvalue weighted by atomic mass is 9.95. The van der Waals surface area contributed by atoms with Crippen LogP contribution in [0.1, 0.15) is 12.0 Å². The Hall–Kier alpha value is -1.69. The number of carbonyl (C=O) groups excluding carboxylic acids is 1. The fraction of sp³-hybridized carbons (Fsp3) is 0.333. The molecule has 1 aromatic rings. The minimum absolute atomic E-state index is 0.420. The first-order chi connectivity index (χ1) is 9.23. The zero-order chi connectivity index (χ0) is 15.4. The average Bonchev–Trinajstić information content (AvgIpc) is 2.36. The zero-order valence-corrected chi connectivity index (χ0v) is 11.6. The van der Waals surface area contributed by atoms with Crippen molar-refractivity contribution in [2.75, 3.05) is 7.11 Å². The molecule has 0 saturated carbocycles. The molecule has 110 valence electrons. The molecule has 1 aromatic carbocycles. The highest BCUT2D eigenvalue weighted by atomic mass is 31.2. The summed E-state index contributed by atoms with van der Waals surface area (Å²) in [6, 6.07) is 8.04. The summed E-state index contributed by atoms with van der Waals surface area (Å²) in [4.78, 5) is 41.7. The van der Waals surface area contributed by atoms with E-state index < -0.39 is 37.5 Å². The van der Waals surface area contributed by atoms with Crippen LogP contribution in [-0.4, -0.2) is 39.1 Å². The van der Waals surface area contributed by atoms with E-state index in [0.717, 1.165) is 7.11 Å². The number of carboxylic acid groups (broad SMARTS) is 1. The quantitative estimate of drug-likeness (QED) is 0.524. The molecule has 1 rings (SSSR count). The maximum absolute atomic E-state index is 11.8. The molecule has 0 amide bonds. The van der Waals surface area contributed by atoms with E-state index in [1.165, 1.54) is 0 Å². The molecular weight excluding hydrogens is 287 g/mol. The van der Waals surface area contributed by atoms with Crippen molar-refractivity contribution < 1.29 is 33.8 Å². The van der Waals surface area contributed by atoms with E-state index in [1.54, 1.807) is 30.3 Å². The summed E-state index contributed by atoms with van der Waals surface area (Å²) in [6.07, 6.45) is -1.43. The Morgan fingerprint density at radius 3 is 2.20 bits per heavy atom. The Balaban J connectivity index is 3.33. The topological polar surface area (TPSA) is 121 Å². The molecule has 20 heavy (non-hydrogen) atoms. The van der Waals surface area contributed by atoms with Crippen LogP contribution in [0.5, 0.6) is 0 Å². The number of aliphatic carboxylic acids is 1. The molecule has 1 unspecified atom stereocenters. The molecule has 7 nitrogen and oxygen atoms in total. The summed E-state index contributed by atoms with van der Waals surface area (Å²) >= 11 is 0. The minimum atomic E-state index is -5.05. The van der Waals surface area contributed by atoms with E-state index in [9.17, 15) is 23.9 Å². The van der Waals surface area contributed by atoms with Gasteiger partial charge in [0.2, 0.25) is 0 Å². The highest BCUT2D eigenvalue weighted by Crippen LogP contribution is 2.55. The fourth-order valence-corrected chi connectivity index (χ4v) is 2.96. The van der Waals surface area contributed by atoms with Crippen LogP contribution in [0.4, 0.5) is 0 Å². The Kier molecular flexibility index (Phi) is 5.05. The number of ether oxygens (including phenoxy) is 1. The van der Waals surface area contributed by atoms with Gasteiger partial charge in [-0.25, -0.2) is 0 Å². The van der Waals surface area contributed by atoms with Gasteiger partial charge in [-0.2, -0.15) is 0 Å². The Morgan fingerprint density at radius 2 is 1.80 bits per heavy atom. The van der Waals surface area contributed by atoms with E-state index >= 15 is 0 Å². The van der Waals surface area contributed by atoms with Crippen LogP contribution in [0.15, 0.2) is 30.3 Å². The number of carbonyl (C=O) groups is 2. The van der Waals surface area contributed by atoms with Crippen molar-refractivity contribution in [3.63, 3.8) is 0 Å². The van der Waals surface area contributed by atoms with Gasteiger partial charge in [0.05, 0.1) is 13.5 Å². The number of esters is 1. The average molecular weight is 302 g/mol. The van der Waals surface area contributed by atoms with E-state index in [-0.39, 0.29) is 0 Å². The Bertz CT molecular complexity index is 536. The van der Waals surface area contributed by atoms with Crippen LogP contribution in [0.25, 0.3) is 0 Å². The summed E-state index contributed by atoms with van der Waals surface area (Å²) in [6.45, 7) is 0. The summed E-state index contributed by atoms with van der Waals surface area (Å²) in [7, 11) is -4.10. The molecule has 0 aromatic heterocycles. The SMILES string of the molecule is COC(=O)C(CC(=O)O)(Cc1ccccc1)P(=O)(O)O. The second kappa shape index (κ2) is 6.17. The van der Waals surface area contributed by atoms with Crippen molar-refractivity contribution in [1.29, 1.82) is 0 Å². The van der Waals surface area contributed by atoms with E-state index in [0.29, 0.717) is 5.56 Å². The van der Waals surface area contributed by atoms with Crippen LogP contribution in [-0.2, 0) is 25.3 Å². The number of methoxy groups -OCH3 is 1. The van der Waals surface area contributed by atoms with Crippen molar-refractivity contribution in [3.05, 3.63) is 35.9 Å². The maximum Gasteiger partial charge on any atom is 0.343 e. The first-order valence-electron chi connectivity index (χ1n) is 5.63. The number of carboxylic acids is 1. The van der Waals surface area contributed by atoms with Crippen LogP contribution in [0.3, 0.4) is 0 Å². The molecule has 0 aliphatic heterocycles. The van der Waals surface area contributed by atoms with Gasteiger partial charge < -0.3 is 19.6 Å². The Labute approximate surface area is 115 Å². The third-order valence-corrected chi connectivity index (χ3v) is 4.52. The highest BCUT2D eigenvalue weighted by Gasteiger charge is 2.56. The molecule has 0 spiro atoms. The molecular formula is C12H15O7P. The molecule has 0 bridgehead atoms. The molecule has 0 heterocycles. The van der Waals surface area contributed by atoms with E-state index in [1.807, 2.05) is 0 Å². The normalized spacial score (nSPS) is 14.3. The van der Waals surface area contributed by atoms with Gasteiger partial charge in [-0.3, -0.25) is 14.2 Å². The number of hydrogen-bond donors (Lipinski definition) is 3. The first kappa shape index (κ1) is 16.4. The van der Waals surface area contributed by atoms with Gasteiger partial charge in [-0.05, 0) is 5.56 Å². The predicted octanol–water partition coefficient (Wildman–Crippen LogP) is 0.793. The third-order valence-electron chi connectivity index (χ3n) is 2.91. The van der Waals surface area contributed by atoms with Gasteiger partial charge in [0.1, 0.15) is 0 Å². The second-order valence-corrected chi connectivity index (χ2v) is 6.24. The van der Waals surface area contributed by atoms with Crippen molar-refractivity contribution >= 4 is 19.5 Å². The van der Waals surface area contributed by atoms with Gasteiger partial charge in [-0.15, -0.1) is 0 Å². The van der Waals surface area contributed by atoms with Gasteiger partial charge in [0, 0.05) is 6.42 Å². The summed E-state index contributed by atoms with van der Waals surface area (Å²) < 4.78 is 16.1. The van der Waals surface area contributed by atoms with Crippen molar-refractivity contribution in [2.24, 2.45) is 0 Å². The van der Waals surface area contributed by atoms with Crippen LogP contribution in [0, 0.1) is 0 Å². The van der Waals surface area contributed by atoms with E-state index in [2.05, 4.69) is 4.74 Å². The number of benzene rings is 1. The van der Waals surface area contributed by atoms with Crippen molar-refractivity contribution in [2.45, 2.75) is 18.0 Å². The molecule has 0 aliphatic carbocycles. The predicted molar refractivity (Wildman–Crippen MR) is 69.2 cm³/mol. The molecule has 0 saturated heterocycles. The number of hydrogen-bond acceptors (Lipinski definition) is 4. The number of rotatable bonds is 6. The first-order valence-corrected chi connectivity index (χ1v) is 7.24. The molecule has 0 fully saturated rings. The molecule has 8 heteroatoms. The third kappa shape index (κ3) is 3.45. The molecule has 0 aliphatic rings. The highest BCUT2D eigenvalue weighted by molar-refractivity contribution is 7.54. The lowest BCUT2D eigenvalue weighted by Crippen LogP contribution is -2.43. The van der Waals surface area contributed by atoms with Gasteiger partial charge in [-0.1, -0.05) is 30.3 Å². The summed E-state index contributed by atoms with van der Waals surface area (Å²) in [5, 5.41) is 6.46. The standard InChI is InChI=1S/C12H15O7P/c1-19-11(15)12(8-10(13)14,20(16,17)18)7-9-5-3-2-4-6-9/h2-6H,7-8H2,1H3,(H,13,14)(H2,16,17,18). The lowest BCUT2D eigenvalue weighted by Gasteiger charge is -2.30. The lowest BCUT2D eigenvalue weighted by molar-refractivity contribution is -0.149.